The van der Waals surface area contributed by atoms with E-state index < -0.39 is 0 Å². The van der Waals surface area contributed by atoms with Gasteiger partial charge in [0.1, 0.15) is 11.8 Å². The van der Waals surface area contributed by atoms with Crippen LogP contribution in [0.15, 0.2) is 24.3 Å². The average molecular weight is 377 g/mol. The maximum Gasteiger partial charge on any atom is 0.245 e. The maximum atomic E-state index is 12.9. The highest BCUT2D eigenvalue weighted by molar-refractivity contribution is 7.99. The summed E-state index contributed by atoms with van der Waals surface area (Å²) in [5.41, 5.74) is 0.931. The standard InChI is InChI=1S/C20H28N2O3S/c1-15(2)25-17-6-3-5-16(13-17)14-19(23)22-8-4-7-18(22)20(24)21-9-11-26-12-10-21/h3,5-6,13,15,18H,4,7-12,14H2,1-2H3. The zero-order chi connectivity index (χ0) is 18.5. The van der Waals surface area contributed by atoms with Crippen molar-refractivity contribution in [3.05, 3.63) is 29.8 Å². The van der Waals surface area contributed by atoms with Crippen LogP contribution in [0.1, 0.15) is 32.3 Å². The molecule has 26 heavy (non-hydrogen) atoms. The third-order valence-corrected chi connectivity index (χ3v) is 5.75. The van der Waals surface area contributed by atoms with Gasteiger partial charge in [0.15, 0.2) is 0 Å². The molecular formula is C20H28N2O3S. The van der Waals surface area contributed by atoms with E-state index in [1.807, 2.05) is 54.8 Å². The molecule has 0 N–H and O–H groups in total. The van der Waals surface area contributed by atoms with E-state index in [-0.39, 0.29) is 24.0 Å². The number of carbonyl (C=O) groups is 2. The van der Waals surface area contributed by atoms with Gasteiger partial charge in [-0.2, -0.15) is 11.8 Å². The smallest absolute Gasteiger partial charge is 0.245 e. The van der Waals surface area contributed by atoms with Gasteiger partial charge in [0, 0.05) is 31.1 Å². The molecule has 0 radical (unpaired) electrons. The van der Waals surface area contributed by atoms with Gasteiger partial charge >= 0.3 is 0 Å². The number of hydrogen-bond acceptors (Lipinski definition) is 4. The van der Waals surface area contributed by atoms with Gasteiger partial charge in [0.2, 0.25) is 11.8 Å². The fourth-order valence-corrected chi connectivity index (χ4v) is 4.50. The molecule has 0 aliphatic carbocycles. The van der Waals surface area contributed by atoms with Crippen molar-refractivity contribution in [1.29, 1.82) is 0 Å². The minimum atomic E-state index is -0.277. The van der Waals surface area contributed by atoms with Gasteiger partial charge in [-0.1, -0.05) is 12.1 Å². The number of thioether (sulfide) groups is 1. The minimum Gasteiger partial charge on any atom is -0.491 e. The number of carbonyl (C=O) groups excluding carboxylic acids is 2. The van der Waals surface area contributed by atoms with Crippen molar-refractivity contribution in [3.63, 3.8) is 0 Å². The summed E-state index contributed by atoms with van der Waals surface area (Å²) >= 11 is 1.89. The number of nitrogens with zero attached hydrogens (tertiary/aromatic N) is 2. The highest BCUT2D eigenvalue weighted by Gasteiger charge is 2.36. The molecule has 2 amide bonds. The van der Waals surface area contributed by atoms with E-state index >= 15 is 0 Å². The molecule has 0 aromatic heterocycles. The Morgan fingerprint density at radius 1 is 1.23 bits per heavy atom. The van der Waals surface area contributed by atoms with Crippen molar-refractivity contribution >= 4 is 23.6 Å². The lowest BCUT2D eigenvalue weighted by Crippen LogP contribution is -2.50. The molecule has 0 bridgehead atoms. The summed E-state index contributed by atoms with van der Waals surface area (Å²) in [6.07, 6.45) is 2.10. The molecule has 2 heterocycles. The van der Waals surface area contributed by atoms with E-state index in [0.717, 1.165) is 48.7 Å². The Morgan fingerprint density at radius 2 is 2.00 bits per heavy atom. The average Bonchev–Trinajstić information content (AvgIpc) is 3.11. The number of amides is 2. The molecule has 1 aromatic carbocycles. The lowest BCUT2D eigenvalue weighted by atomic mass is 10.1. The molecule has 1 atom stereocenters. The van der Waals surface area contributed by atoms with Crippen LogP contribution in [0.3, 0.4) is 0 Å². The van der Waals surface area contributed by atoms with Gasteiger partial charge in [0.05, 0.1) is 12.5 Å². The zero-order valence-corrected chi connectivity index (χ0v) is 16.5. The topological polar surface area (TPSA) is 49.9 Å². The normalized spacial score (nSPS) is 20.5. The molecule has 2 fully saturated rings. The first-order valence-corrected chi connectivity index (χ1v) is 10.6. The Morgan fingerprint density at radius 3 is 2.73 bits per heavy atom. The molecule has 0 spiro atoms. The zero-order valence-electron chi connectivity index (χ0n) is 15.6. The highest BCUT2D eigenvalue weighted by atomic mass is 32.2. The molecule has 2 saturated heterocycles. The van der Waals surface area contributed by atoms with Gasteiger partial charge in [-0.05, 0) is 44.4 Å². The summed E-state index contributed by atoms with van der Waals surface area (Å²) in [5.74, 6) is 2.94. The van der Waals surface area contributed by atoms with Gasteiger partial charge in [-0.3, -0.25) is 9.59 Å². The molecule has 2 aliphatic rings. The van der Waals surface area contributed by atoms with Gasteiger partial charge in [-0.25, -0.2) is 0 Å². The van der Waals surface area contributed by atoms with E-state index in [0.29, 0.717) is 13.0 Å². The number of likely N-dealkylation sites (tertiary alicyclic amines) is 1. The van der Waals surface area contributed by atoms with E-state index in [1.54, 1.807) is 4.90 Å². The lowest BCUT2D eigenvalue weighted by Gasteiger charge is -2.32. The third kappa shape index (κ3) is 4.72. The minimum absolute atomic E-state index is 0.0360. The third-order valence-electron chi connectivity index (χ3n) is 4.81. The SMILES string of the molecule is CC(C)Oc1cccc(CC(=O)N2CCCC2C(=O)N2CCSCC2)c1. The molecule has 2 aliphatic heterocycles. The first-order chi connectivity index (χ1) is 12.5. The molecule has 142 valence electrons. The molecule has 6 heteroatoms. The molecule has 1 aromatic rings. The van der Waals surface area contributed by atoms with Crippen LogP contribution in [-0.4, -0.2) is 64.9 Å². The van der Waals surface area contributed by atoms with Crippen LogP contribution in [0.4, 0.5) is 0 Å². The summed E-state index contributed by atoms with van der Waals surface area (Å²) in [5, 5.41) is 0. The largest absolute Gasteiger partial charge is 0.491 e. The van der Waals surface area contributed by atoms with Gasteiger partial charge in [0.25, 0.3) is 0 Å². The van der Waals surface area contributed by atoms with Crippen LogP contribution >= 0.6 is 11.8 Å². The first kappa shape index (κ1) is 19.1. The first-order valence-electron chi connectivity index (χ1n) is 9.46. The second-order valence-corrected chi connectivity index (χ2v) is 8.40. The second-order valence-electron chi connectivity index (χ2n) is 7.17. The fourth-order valence-electron chi connectivity index (χ4n) is 3.59. The molecular weight excluding hydrogens is 348 g/mol. The molecule has 1 unspecified atom stereocenters. The predicted molar refractivity (Wildman–Crippen MR) is 105 cm³/mol. The van der Waals surface area contributed by atoms with E-state index in [4.69, 9.17) is 4.74 Å². The van der Waals surface area contributed by atoms with E-state index in [9.17, 15) is 9.59 Å². The second kappa shape index (κ2) is 8.80. The van der Waals surface area contributed by atoms with Gasteiger partial charge in [-0.15, -0.1) is 0 Å². The van der Waals surface area contributed by atoms with Crippen molar-refractivity contribution in [2.45, 2.75) is 45.3 Å². The summed E-state index contributed by atoms with van der Waals surface area (Å²) in [4.78, 5) is 29.4. The number of hydrogen-bond donors (Lipinski definition) is 0. The van der Waals surface area contributed by atoms with Crippen LogP contribution in [0.5, 0.6) is 5.75 Å². The van der Waals surface area contributed by atoms with Crippen molar-refractivity contribution < 1.29 is 14.3 Å². The Hall–Kier alpha value is -1.69. The Balaban J connectivity index is 1.64. The predicted octanol–water partition coefficient (Wildman–Crippen LogP) is 2.58. The summed E-state index contributed by atoms with van der Waals surface area (Å²) in [6, 6.07) is 7.41. The number of benzene rings is 1. The molecule has 5 nitrogen and oxygen atoms in total. The quantitative estimate of drug-likeness (QED) is 0.793. The van der Waals surface area contributed by atoms with Crippen LogP contribution in [0, 0.1) is 0 Å². The van der Waals surface area contributed by atoms with Crippen molar-refractivity contribution in [1.82, 2.24) is 9.80 Å². The summed E-state index contributed by atoms with van der Waals surface area (Å²) < 4.78 is 5.71. The van der Waals surface area contributed by atoms with Crippen LogP contribution in [0.25, 0.3) is 0 Å². The Bertz CT molecular complexity index is 644. The monoisotopic (exact) mass is 376 g/mol. The van der Waals surface area contributed by atoms with E-state index in [2.05, 4.69) is 0 Å². The van der Waals surface area contributed by atoms with E-state index in [1.165, 1.54) is 0 Å². The summed E-state index contributed by atoms with van der Waals surface area (Å²) in [7, 11) is 0. The van der Waals surface area contributed by atoms with Gasteiger partial charge < -0.3 is 14.5 Å². The highest BCUT2D eigenvalue weighted by Crippen LogP contribution is 2.23. The summed E-state index contributed by atoms with van der Waals surface area (Å²) in [6.45, 7) is 6.25. The maximum absolute atomic E-state index is 12.9. The Kier molecular flexibility index (Phi) is 6.46. The fraction of sp³-hybridized carbons (Fsp3) is 0.600. The van der Waals surface area contributed by atoms with Crippen molar-refractivity contribution in [2.75, 3.05) is 31.1 Å². The van der Waals surface area contributed by atoms with Crippen LogP contribution in [-0.2, 0) is 16.0 Å². The number of ether oxygens (including phenoxy) is 1. The van der Waals surface area contributed by atoms with Crippen LogP contribution in [0.2, 0.25) is 0 Å². The van der Waals surface area contributed by atoms with Crippen LogP contribution < -0.4 is 4.74 Å². The van der Waals surface area contributed by atoms with Crippen molar-refractivity contribution in [3.8, 4) is 5.75 Å². The Labute approximate surface area is 160 Å². The lowest BCUT2D eigenvalue weighted by molar-refractivity contribution is -0.143. The van der Waals surface area contributed by atoms with Crippen molar-refractivity contribution in [2.24, 2.45) is 0 Å². The molecule has 0 saturated carbocycles. The number of rotatable bonds is 5. The molecule has 3 rings (SSSR count).